The summed E-state index contributed by atoms with van der Waals surface area (Å²) in [5.41, 5.74) is 11.0. The Morgan fingerprint density at radius 3 is 1.60 bits per heavy atom. The quantitative estimate of drug-likeness (QED) is 0.0711. The van der Waals surface area contributed by atoms with E-state index < -0.39 is 110 Å². The van der Waals surface area contributed by atoms with Crippen LogP contribution in [0.25, 0.3) is 0 Å². The van der Waals surface area contributed by atoms with Crippen LogP contribution in [-0.4, -0.2) is 173 Å². The lowest BCUT2D eigenvalue weighted by Crippen LogP contribution is -2.68. The average molecular weight is 699 g/mol. The van der Waals surface area contributed by atoms with Crippen LogP contribution in [0.2, 0.25) is 0 Å². The van der Waals surface area contributed by atoms with Gasteiger partial charge in [-0.25, -0.2) is 0 Å². The smallest absolute Gasteiger partial charge is 0.295 e. The summed E-state index contributed by atoms with van der Waals surface area (Å²) in [6.45, 7) is 6.70. The topological polar surface area (TPSA) is 313 Å². The maximum atomic E-state index is 13.3. The third-order valence-corrected chi connectivity index (χ3v) is 7.93. The third-order valence-electron chi connectivity index (χ3n) is 7.93. The minimum absolute atomic E-state index is 0.00616. The van der Waals surface area contributed by atoms with Crippen LogP contribution in [0.5, 0.6) is 0 Å². The first kappa shape index (κ1) is 40.3. The summed E-state index contributed by atoms with van der Waals surface area (Å²) in [7, 11) is 0. The highest BCUT2D eigenvalue weighted by Crippen LogP contribution is 2.34. The highest BCUT2D eigenvalue weighted by atomic mass is 16.8. The standard InChI is InChI=1S/C28H50N4O16/c1-10(2)18-12(34)13(35)21(28(44-18)42-9-33)46-27-17(39)15(37)20(23(48-27)25(41)32-8-6-30)45-26-16(38)14(36)19(43-11(3)4)22(47-26)24(40)31-7-5-29/h9-23,26-28,34-39H,5-8,29-30H2,1-4H3,(H,31,40)(H,32,41)/t12?,13-,14-,15-,16?,17?,18+,19+,20+,21+,22?,23?,26-,27-,28?/m1/s1. The van der Waals surface area contributed by atoms with E-state index in [0.717, 1.165) is 0 Å². The molecular formula is C28H50N4O16. The van der Waals surface area contributed by atoms with Crippen LogP contribution in [0.3, 0.4) is 0 Å². The van der Waals surface area contributed by atoms with Gasteiger partial charge in [0.1, 0.15) is 48.8 Å². The number of amides is 2. The van der Waals surface area contributed by atoms with Gasteiger partial charge < -0.3 is 85.9 Å². The SMILES string of the molecule is CC(C)O[C@@H]1C(C(=O)NCCN)O[C@@H](O[C@@H]2C(C(=O)NCCN)O[C@@H](O[C@@H]3C(OC=O)O[C@@H](C(C)C)C(O)[C@H]3O)C(O)[C@H]2O)C(O)[C@H]1O. The number of nitrogens with two attached hydrogens (primary N) is 2. The van der Waals surface area contributed by atoms with Gasteiger partial charge in [0.15, 0.2) is 30.9 Å². The highest BCUT2D eigenvalue weighted by molar-refractivity contribution is 5.82. The van der Waals surface area contributed by atoms with E-state index >= 15 is 0 Å². The van der Waals surface area contributed by atoms with Crippen LogP contribution in [0, 0.1) is 5.92 Å². The first-order chi connectivity index (χ1) is 22.7. The largest absolute Gasteiger partial charge is 0.435 e. The minimum atomic E-state index is -2.06. The third kappa shape index (κ3) is 9.34. The number of hydrogen-bond donors (Lipinski definition) is 10. The fourth-order valence-electron chi connectivity index (χ4n) is 5.56. The van der Waals surface area contributed by atoms with E-state index in [0.29, 0.717) is 0 Å². The van der Waals surface area contributed by atoms with Crippen molar-refractivity contribution in [3.8, 4) is 0 Å². The maximum absolute atomic E-state index is 13.3. The number of hydrogen-bond acceptors (Lipinski definition) is 18. The molecule has 0 aromatic heterocycles. The molecule has 12 N–H and O–H groups in total. The first-order valence-electron chi connectivity index (χ1n) is 15.7. The second-order valence-electron chi connectivity index (χ2n) is 12.2. The number of carbonyl (C=O) groups is 3. The maximum Gasteiger partial charge on any atom is 0.295 e. The van der Waals surface area contributed by atoms with Crippen LogP contribution in [0.1, 0.15) is 27.7 Å². The van der Waals surface area contributed by atoms with Gasteiger partial charge >= 0.3 is 0 Å². The zero-order valence-corrected chi connectivity index (χ0v) is 27.1. The van der Waals surface area contributed by atoms with Gasteiger partial charge in [0.25, 0.3) is 18.3 Å². The fourth-order valence-corrected chi connectivity index (χ4v) is 5.56. The van der Waals surface area contributed by atoms with Gasteiger partial charge in [0.05, 0.1) is 12.2 Å². The number of aliphatic hydroxyl groups excluding tert-OH is 6. The molecule has 0 spiro atoms. The lowest BCUT2D eigenvalue weighted by Gasteiger charge is -2.48. The van der Waals surface area contributed by atoms with Crippen molar-refractivity contribution < 1.29 is 78.2 Å². The van der Waals surface area contributed by atoms with Gasteiger partial charge in [-0.15, -0.1) is 0 Å². The molecule has 2 amide bonds. The fraction of sp³-hybridized carbons (Fsp3) is 0.893. The van der Waals surface area contributed by atoms with E-state index in [1.165, 1.54) is 0 Å². The lowest BCUT2D eigenvalue weighted by atomic mass is 9.91. The number of rotatable bonds is 15. The Hall–Kier alpha value is -2.15. The molecule has 0 bridgehead atoms. The van der Waals surface area contributed by atoms with Crippen molar-refractivity contribution >= 4 is 18.3 Å². The molecule has 6 unspecified atom stereocenters. The van der Waals surface area contributed by atoms with Crippen molar-refractivity contribution in [2.24, 2.45) is 17.4 Å². The van der Waals surface area contributed by atoms with Gasteiger partial charge in [0, 0.05) is 26.2 Å². The number of ether oxygens (including phenoxy) is 7. The summed E-state index contributed by atoms with van der Waals surface area (Å²) in [5, 5.41) is 70.6. The Morgan fingerprint density at radius 2 is 1.15 bits per heavy atom. The molecule has 15 atom stereocenters. The molecule has 3 saturated heterocycles. The molecule has 0 aromatic carbocycles. The molecule has 0 aromatic rings. The van der Waals surface area contributed by atoms with Crippen LogP contribution >= 0.6 is 0 Å². The van der Waals surface area contributed by atoms with Crippen LogP contribution in [0.4, 0.5) is 0 Å². The molecule has 0 saturated carbocycles. The zero-order chi connectivity index (χ0) is 35.9. The monoisotopic (exact) mass is 698 g/mol. The van der Waals surface area contributed by atoms with Crippen molar-refractivity contribution in [1.29, 1.82) is 0 Å². The van der Waals surface area contributed by atoms with Crippen molar-refractivity contribution in [1.82, 2.24) is 10.6 Å². The molecule has 278 valence electrons. The van der Waals surface area contributed by atoms with Gasteiger partial charge in [0.2, 0.25) is 6.29 Å². The van der Waals surface area contributed by atoms with Crippen molar-refractivity contribution in [2.45, 2.75) is 126 Å². The molecule has 0 radical (unpaired) electrons. The van der Waals surface area contributed by atoms with Crippen LogP contribution in [-0.2, 0) is 47.5 Å². The molecule has 3 rings (SSSR count). The van der Waals surface area contributed by atoms with Gasteiger partial charge in [-0.05, 0) is 19.8 Å². The van der Waals surface area contributed by atoms with Crippen molar-refractivity contribution in [3.63, 3.8) is 0 Å². The lowest BCUT2D eigenvalue weighted by molar-refractivity contribution is -0.375. The number of nitrogens with one attached hydrogen (secondary N) is 2. The van der Waals surface area contributed by atoms with E-state index in [1.807, 2.05) is 0 Å². The molecule has 20 nitrogen and oxygen atoms in total. The summed E-state index contributed by atoms with van der Waals surface area (Å²) < 4.78 is 39.1. The second-order valence-corrected chi connectivity index (χ2v) is 12.2. The average Bonchev–Trinajstić information content (AvgIpc) is 3.04. The van der Waals surface area contributed by atoms with Gasteiger partial charge in [-0.1, -0.05) is 13.8 Å². The van der Waals surface area contributed by atoms with Gasteiger partial charge in [-0.3, -0.25) is 14.4 Å². The molecule has 3 heterocycles. The summed E-state index contributed by atoms with van der Waals surface area (Å²) in [4.78, 5) is 37.4. The summed E-state index contributed by atoms with van der Waals surface area (Å²) in [6.07, 6.45) is -26.3. The minimum Gasteiger partial charge on any atom is -0.435 e. The Balaban J connectivity index is 1.89. The summed E-state index contributed by atoms with van der Waals surface area (Å²) in [6, 6.07) is 0. The van der Waals surface area contributed by atoms with E-state index in [2.05, 4.69) is 10.6 Å². The van der Waals surface area contributed by atoms with Crippen LogP contribution < -0.4 is 22.1 Å². The van der Waals surface area contributed by atoms with E-state index in [1.54, 1.807) is 27.7 Å². The van der Waals surface area contributed by atoms with E-state index in [4.69, 9.17) is 44.6 Å². The normalized spacial score (nSPS) is 40.4. The van der Waals surface area contributed by atoms with Crippen molar-refractivity contribution in [2.75, 3.05) is 26.2 Å². The second kappa shape index (κ2) is 18.2. The zero-order valence-electron chi connectivity index (χ0n) is 27.1. The molecule has 3 aliphatic rings. The van der Waals surface area contributed by atoms with Crippen molar-refractivity contribution in [3.05, 3.63) is 0 Å². The highest BCUT2D eigenvalue weighted by Gasteiger charge is 2.56. The Bertz CT molecular complexity index is 1040. The Labute approximate surface area is 276 Å². The van der Waals surface area contributed by atoms with E-state index in [-0.39, 0.29) is 38.6 Å². The molecule has 0 aliphatic carbocycles. The summed E-state index contributed by atoms with van der Waals surface area (Å²) in [5.74, 6) is -2.04. The molecule has 20 heteroatoms. The Morgan fingerprint density at radius 1 is 0.688 bits per heavy atom. The predicted molar refractivity (Wildman–Crippen MR) is 158 cm³/mol. The molecule has 48 heavy (non-hydrogen) atoms. The Kier molecular flexibility index (Phi) is 15.3. The predicted octanol–water partition coefficient (Wildman–Crippen LogP) is -6.13. The summed E-state index contributed by atoms with van der Waals surface area (Å²) >= 11 is 0. The number of aliphatic hydroxyl groups is 6. The van der Waals surface area contributed by atoms with Crippen LogP contribution in [0.15, 0.2) is 0 Å². The molecule has 3 aliphatic heterocycles. The molecule has 3 fully saturated rings. The number of carbonyl (C=O) groups excluding carboxylic acids is 3. The molecular weight excluding hydrogens is 648 g/mol. The van der Waals surface area contributed by atoms with E-state index in [9.17, 15) is 45.0 Å². The first-order valence-corrected chi connectivity index (χ1v) is 15.7. The van der Waals surface area contributed by atoms with Gasteiger partial charge in [-0.2, -0.15) is 0 Å².